The molecular weight excluding hydrogens is 361 g/mol. The van der Waals surface area contributed by atoms with Crippen molar-refractivity contribution in [3.05, 3.63) is 62.6 Å². The van der Waals surface area contributed by atoms with Crippen molar-refractivity contribution in [3.63, 3.8) is 0 Å². The zero-order chi connectivity index (χ0) is 17.0. The Morgan fingerprint density at radius 3 is 2.22 bits per heavy atom. The Hall–Kier alpha value is -1.75. The maximum absolute atomic E-state index is 12.3. The predicted molar refractivity (Wildman–Crippen MR) is 91.8 cm³/mol. The van der Waals surface area contributed by atoms with Gasteiger partial charge in [0.1, 0.15) is 0 Å². The second-order valence-electron chi connectivity index (χ2n) is 4.47. The number of anilines is 1. The first-order chi connectivity index (χ1) is 10.9. The highest BCUT2D eigenvalue weighted by Gasteiger charge is 2.17. The van der Waals surface area contributed by atoms with Crippen LogP contribution in [0.25, 0.3) is 0 Å². The lowest BCUT2D eigenvalue weighted by molar-refractivity contribution is 0.0526. The molecule has 2 aromatic rings. The Labute approximate surface area is 148 Å². The van der Waals surface area contributed by atoms with Crippen LogP contribution in [-0.2, 0) is 4.74 Å². The molecule has 2 aromatic carbocycles. The van der Waals surface area contributed by atoms with Crippen LogP contribution >= 0.6 is 34.8 Å². The smallest absolute Gasteiger partial charge is 0.338 e. The lowest BCUT2D eigenvalue weighted by Crippen LogP contribution is -2.13. The van der Waals surface area contributed by atoms with E-state index in [0.717, 1.165) is 0 Å². The molecule has 23 heavy (non-hydrogen) atoms. The molecule has 0 spiro atoms. The molecule has 0 saturated heterocycles. The van der Waals surface area contributed by atoms with E-state index in [2.05, 4.69) is 5.32 Å². The van der Waals surface area contributed by atoms with Crippen LogP contribution in [-0.4, -0.2) is 18.5 Å². The van der Waals surface area contributed by atoms with Gasteiger partial charge in [-0.3, -0.25) is 4.79 Å². The van der Waals surface area contributed by atoms with Gasteiger partial charge in [-0.25, -0.2) is 4.79 Å². The van der Waals surface area contributed by atoms with Crippen molar-refractivity contribution in [1.82, 2.24) is 0 Å². The van der Waals surface area contributed by atoms with Gasteiger partial charge in [0.05, 0.1) is 32.8 Å². The number of nitrogens with one attached hydrogen (secondary N) is 1. The minimum atomic E-state index is -0.494. The summed E-state index contributed by atoms with van der Waals surface area (Å²) in [6.45, 7) is 2.02. The van der Waals surface area contributed by atoms with E-state index in [0.29, 0.717) is 17.9 Å². The van der Waals surface area contributed by atoms with E-state index in [4.69, 9.17) is 39.5 Å². The minimum Gasteiger partial charge on any atom is -0.462 e. The molecule has 4 nitrogen and oxygen atoms in total. The van der Waals surface area contributed by atoms with Crippen LogP contribution in [0, 0.1) is 0 Å². The summed E-state index contributed by atoms with van der Waals surface area (Å²) < 4.78 is 4.89. The largest absolute Gasteiger partial charge is 0.462 e. The minimum absolute atomic E-state index is 0.0832. The van der Waals surface area contributed by atoms with Gasteiger partial charge < -0.3 is 10.1 Å². The first-order valence-corrected chi connectivity index (χ1v) is 7.79. The Balaban J connectivity index is 2.18. The third-order valence-electron chi connectivity index (χ3n) is 2.92. The number of carbonyl (C=O) groups is 2. The lowest BCUT2D eigenvalue weighted by atomic mass is 10.1. The van der Waals surface area contributed by atoms with Crippen molar-refractivity contribution in [2.75, 3.05) is 11.9 Å². The maximum Gasteiger partial charge on any atom is 0.338 e. The van der Waals surface area contributed by atoms with Crippen molar-refractivity contribution in [1.29, 1.82) is 0 Å². The summed E-state index contributed by atoms with van der Waals surface area (Å²) in [5.41, 5.74) is 0.967. The maximum atomic E-state index is 12.3. The van der Waals surface area contributed by atoms with Gasteiger partial charge in [0.2, 0.25) is 0 Å². The second kappa shape index (κ2) is 7.68. The van der Waals surface area contributed by atoms with Crippen molar-refractivity contribution >= 4 is 52.4 Å². The van der Waals surface area contributed by atoms with E-state index < -0.39 is 11.9 Å². The monoisotopic (exact) mass is 371 g/mol. The van der Waals surface area contributed by atoms with Crippen LogP contribution in [0.5, 0.6) is 0 Å². The third kappa shape index (κ3) is 4.16. The molecule has 120 valence electrons. The normalized spacial score (nSPS) is 10.3. The highest BCUT2D eigenvalue weighted by atomic mass is 35.5. The van der Waals surface area contributed by atoms with Crippen molar-refractivity contribution < 1.29 is 14.3 Å². The van der Waals surface area contributed by atoms with Gasteiger partial charge >= 0.3 is 5.97 Å². The Morgan fingerprint density at radius 1 is 1.00 bits per heavy atom. The molecule has 0 heterocycles. The second-order valence-corrected chi connectivity index (χ2v) is 5.66. The lowest BCUT2D eigenvalue weighted by Gasteiger charge is -2.10. The summed E-state index contributed by atoms with van der Waals surface area (Å²) in [5, 5.41) is 3.16. The summed E-state index contributed by atoms with van der Waals surface area (Å²) in [4.78, 5) is 23.9. The van der Waals surface area contributed by atoms with Crippen LogP contribution in [0.15, 0.2) is 36.4 Å². The van der Waals surface area contributed by atoms with Crippen molar-refractivity contribution in [2.24, 2.45) is 0 Å². The van der Waals surface area contributed by atoms with E-state index in [1.165, 1.54) is 12.1 Å². The fourth-order valence-electron chi connectivity index (χ4n) is 1.83. The number of hydrogen-bond acceptors (Lipinski definition) is 3. The zero-order valence-corrected chi connectivity index (χ0v) is 14.3. The number of amides is 1. The standard InChI is InChI=1S/C16H12Cl3NO3/c1-2-23-16(22)9-3-5-10(6-4-9)20-15(21)13-11(17)7-8-12(18)14(13)19/h3-8H,2H2,1H3,(H,20,21). The summed E-state index contributed by atoms with van der Waals surface area (Å²) in [6, 6.07) is 9.27. The molecule has 1 N–H and O–H groups in total. The van der Waals surface area contributed by atoms with Gasteiger partial charge in [-0.2, -0.15) is 0 Å². The van der Waals surface area contributed by atoms with Gasteiger partial charge in [0.25, 0.3) is 5.91 Å². The summed E-state index contributed by atoms with van der Waals surface area (Å²) in [6.07, 6.45) is 0. The number of ether oxygens (including phenoxy) is 1. The van der Waals surface area contributed by atoms with Crippen LogP contribution < -0.4 is 5.32 Å². The predicted octanol–water partition coefficient (Wildman–Crippen LogP) is 5.08. The Kier molecular flexibility index (Phi) is 5.88. The van der Waals surface area contributed by atoms with Gasteiger partial charge in [-0.05, 0) is 43.3 Å². The molecule has 0 aliphatic carbocycles. The molecule has 0 aliphatic rings. The van der Waals surface area contributed by atoms with Crippen molar-refractivity contribution in [3.8, 4) is 0 Å². The average Bonchev–Trinajstić information content (AvgIpc) is 2.52. The molecule has 7 heteroatoms. The molecule has 0 atom stereocenters. The number of hydrogen-bond donors (Lipinski definition) is 1. The molecule has 0 radical (unpaired) electrons. The summed E-state index contributed by atoms with van der Waals surface area (Å²) >= 11 is 17.9. The van der Waals surface area contributed by atoms with E-state index >= 15 is 0 Å². The fraction of sp³-hybridized carbons (Fsp3) is 0.125. The first kappa shape index (κ1) is 17.6. The van der Waals surface area contributed by atoms with Gasteiger partial charge in [-0.1, -0.05) is 34.8 Å². The molecule has 2 rings (SSSR count). The third-order valence-corrected chi connectivity index (χ3v) is 4.04. The zero-order valence-electron chi connectivity index (χ0n) is 12.0. The van der Waals surface area contributed by atoms with Gasteiger partial charge in [0, 0.05) is 5.69 Å². The topological polar surface area (TPSA) is 55.4 Å². The molecule has 0 aromatic heterocycles. The highest BCUT2D eigenvalue weighted by Crippen LogP contribution is 2.31. The number of rotatable bonds is 4. The van der Waals surface area contributed by atoms with Crippen LogP contribution in [0.1, 0.15) is 27.6 Å². The molecule has 0 saturated carbocycles. The number of halogens is 3. The first-order valence-electron chi connectivity index (χ1n) is 6.66. The van der Waals surface area contributed by atoms with E-state index in [1.54, 1.807) is 31.2 Å². The number of benzene rings is 2. The van der Waals surface area contributed by atoms with E-state index in [9.17, 15) is 9.59 Å². The molecule has 0 aliphatic heterocycles. The van der Waals surface area contributed by atoms with Crippen LogP contribution in [0.3, 0.4) is 0 Å². The van der Waals surface area contributed by atoms with E-state index in [1.807, 2.05) is 0 Å². The van der Waals surface area contributed by atoms with Crippen LogP contribution in [0.4, 0.5) is 5.69 Å². The molecule has 1 amide bonds. The number of carbonyl (C=O) groups excluding carboxylic acids is 2. The van der Waals surface area contributed by atoms with Crippen molar-refractivity contribution in [2.45, 2.75) is 6.92 Å². The highest BCUT2D eigenvalue weighted by molar-refractivity contribution is 6.46. The molecule has 0 bridgehead atoms. The fourth-order valence-corrected chi connectivity index (χ4v) is 2.53. The summed E-state index contributed by atoms with van der Waals surface area (Å²) in [5.74, 6) is -0.919. The molecular formula is C16H12Cl3NO3. The Bertz CT molecular complexity index is 745. The number of esters is 1. The SMILES string of the molecule is CCOC(=O)c1ccc(NC(=O)c2c(Cl)ccc(Cl)c2Cl)cc1. The van der Waals surface area contributed by atoms with Gasteiger partial charge in [0.15, 0.2) is 0 Å². The van der Waals surface area contributed by atoms with Crippen LogP contribution in [0.2, 0.25) is 15.1 Å². The molecule has 0 unspecified atom stereocenters. The molecule has 0 fully saturated rings. The quantitative estimate of drug-likeness (QED) is 0.602. The summed E-state index contributed by atoms with van der Waals surface area (Å²) in [7, 11) is 0. The average molecular weight is 373 g/mol. The van der Waals surface area contributed by atoms with Gasteiger partial charge in [-0.15, -0.1) is 0 Å². The Morgan fingerprint density at radius 2 is 1.61 bits per heavy atom. The van der Waals surface area contributed by atoms with E-state index in [-0.39, 0.29) is 20.6 Å².